The van der Waals surface area contributed by atoms with Gasteiger partial charge in [0.2, 0.25) is 0 Å². The predicted molar refractivity (Wildman–Crippen MR) is 116 cm³/mol. The van der Waals surface area contributed by atoms with E-state index in [0.29, 0.717) is 24.3 Å². The topological polar surface area (TPSA) is 93.2 Å². The van der Waals surface area contributed by atoms with Crippen LogP contribution >= 0.6 is 0 Å². The van der Waals surface area contributed by atoms with E-state index in [2.05, 4.69) is 0 Å². The zero-order valence-electron chi connectivity index (χ0n) is 18.2. The zero-order valence-corrected chi connectivity index (χ0v) is 18.2. The highest BCUT2D eigenvalue weighted by Crippen LogP contribution is 2.22. The Labute approximate surface area is 186 Å². The maximum Gasteiger partial charge on any atom is 0.306 e. The third-order valence-corrected chi connectivity index (χ3v) is 5.08. The van der Waals surface area contributed by atoms with E-state index in [4.69, 9.17) is 9.47 Å². The Morgan fingerprint density at radius 1 is 0.969 bits per heavy atom. The smallest absolute Gasteiger partial charge is 0.306 e. The number of hydrogen-bond acceptors (Lipinski definition) is 6. The number of ether oxygens (including phenoxy) is 2. The van der Waals surface area contributed by atoms with E-state index < -0.39 is 5.97 Å². The van der Waals surface area contributed by atoms with Crippen molar-refractivity contribution in [2.75, 3.05) is 26.8 Å². The van der Waals surface area contributed by atoms with Crippen molar-refractivity contribution in [1.29, 1.82) is 0 Å². The highest BCUT2D eigenvalue weighted by molar-refractivity contribution is 6.21. The first-order valence-electron chi connectivity index (χ1n) is 10.5. The summed E-state index contributed by atoms with van der Waals surface area (Å²) in [4.78, 5) is 51.4. The Bertz CT molecular complexity index is 967. The number of esters is 1. The molecule has 0 radical (unpaired) electrons. The van der Waals surface area contributed by atoms with Crippen LogP contribution in [0.5, 0.6) is 5.75 Å². The summed E-state index contributed by atoms with van der Waals surface area (Å²) in [7, 11) is 1.63. The fourth-order valence-corrected chi connectivity index (χ4v) is 3.37. The van der Waals surface area contributed by atoms with Crippen molar-refractivity contribution < 1.29 is 28.7 Å². The molecule has 0 aliphatic carbocycles. The quantitative estimate of drug-likeness (QED) is 0.418. The maximum absolute atomic E-state index is 12.3. The molecule has 1 heterocycles. The van der Waals surface area contributed by atoms with E-state index in [1.807, 2.05) is 31.2 Å². The molecular weight excluding hydrogens is 412 g/mol. The summed E-state index contributed by atoms with van der Waals surface area (Å²) in [6, 6.07) is 14.1. The van der Waals surface area contributed by atoms with E-state index in [0.717, 1.165) is 16.2 Å². The number of carbonyl (C=O) groups excluding carboxylic acids is 4. The number of carbonyl (C=O) groups is 4. The molecule has 32 heavy (non-hydrogen) atoms. The number of amides is 3. The number of benzene rings is 2. The molecule has 168 valence electrons. The van der Waals surface area contributed by atoms with Gasteiger partial charge in [-0.25, -0.2) is 0 Å². The van der Waals surface area contributed by atoms with Crippen molar-refractivity contribution >= 4 is 23.7 Å². The molecule has 0 aromatic heterocycles. The van der Waals surface area contributed by atoms with Crippen molar-refractivity contribution in [3.63, 3.8) is 0 Å². The SMILES string of the molecule is CCOc1ccc(CN(C)C(=O)COC(=O)CCCN2C(=O)c3ccccc3C2=O)cc1. The first kappa shape index (κ1) is 23.0. The van der Waals surface area contributed by atoms with Gasteiger partial charge in [0.1, 0.15) is 5.75 Å². The van der Waals surface area contributed by atoms with E-state index >= 15 is 0 Å². The standard InChI is InChI=1S/C24H26N2O6/c1-3-31-18-12-10-17(11-13-18)15-25(2)21(27)16-32-22(28)9-6-14-26-23(29)19-7-4-5-8-20(19)24(26)30/h4-5,7-8,10-13H,3,6,9,14-16H2,1-2H3. The van der Waals surface area contributed by atoms with Gasteiger partial charge in [-0.05, 0) is 43.2 Å². The molecule has 0 fully saturated rings. The van der Waals surface area contributed by atoms with Crippen LogP contribution in [0.25, 0.3) is 0 Å². The van der Waals surface area contributed by atoms with Crippen LogP contribution in [0.3, 0.4) is 0 Å². The van der Waals surface area contributed by atoms with Crippen LogP contribution in [0.1, 0.15) is 46.0 Å². The average molecular weight is 438 g/mol. The number of fused-ring (bicyclic) bond motifs is 1. The molecule has 3 amide bonds. The van der Waals surface area contributed by atoms with Crippen LogP contribution in [0.15, 0.2) is 48.5 Å². The van der Waals surface area contributed by atoms with E-state index in [1.54, 1.807) is 31.3 Å². The summed E-state index contributed by atoms with van der Waals surface area (Å²) in [6.07, 6.45) is 0.268. The van der Waals surface area contributed by atoms with Crippen molar-refractivity contribution in [1.82, 2.24) is 9.80 Å². The molecular formula is C24H26N2O6. The van der Waals surface area contributed by atoms with Crippen LogP contribution in [0, 0.1) is 0 Å². The second-order valence-corrected chi connectivity index (χ2v) is 7.40. The van der Waals surface area contributed by atoms with Crippen LogP contribution in [-0.4, -0.2) is 60.3 Å². The molecule has 3 rings (SSSR count). The molecule has 0 unspecified atom stereocenters. The van der Waals surface area contributed by atoms with Crippen LogP contribution in [0.2, 0.25) is 0 Å². The van der Waals surface area contributed by atoms with Crippen LogP contribution < -0.4 is 4.74 Å². The lowest BCUT2D eigenvalue weighted by atomic mass is 10.1. The minimum Gasteiger partial charge on any atom is -0.494 e. The highest BCUT2D eigenvalue weighted by atomic mass is 16.5. The third-order valence-electron chi connectivity index (χ3n) is 5.08. The van der Waals surface area contributed by atoms with Gasteiger partial charge in [0.15, 0.2) is 6.61 Å². The summed E-state index contributed by atoms with van der Waals surface area (Å²) in [5, 5.41) is 0. The lowest BCUT2D eigenvalue weighted by Gasteiger charge is -2.17. The minimum absolute atomic E-state index is 0.00326. The lowest BCUT2D eigenvalue weighted by Crippen LogP contribution is -2.32. The highest BCUT2D eigenvalue weighted by Gasteiger charge is 2.34. The molecule has 2 aromatic rings. The van der Waals surface area contributed by atoms with E-state index in [1.165, 1.54) is 4.90 Å². The fraction of sp³-hybridized carbons (Fsp3) is 0.333. The molecule has 0 spiro atoms. The van der Waals surface area contributed by atoms with Gasteiger partial charge < -0.3 is 14.4 Å². The van der Waals surface area contributed by atoms with Crippen LogP contribution in [0.4, 0.5) is 0 Å². The van der Waals surface area contributed by atoms with Gasteiger partial charge in [-0.15, -0.1) is 0 Å². The molecule has 2 aromatic carbocycles. The second-order valence-electron chi connectivity index (χ2n) is 7.40. The van der Waals surface area contributed by atoms with Crippen molar-refractivity contribution in [2.45, 2.75) is 26.3 Å². The average Bonchev–Trinajstić information content (AvgIpc) is 3.04. The molecule has 8 nitrogen and oxygen atoms in total. The monoisotopic (exact) mass is 438 g/mol. The van der Waals surface area contributed by atoms with Crippen molar-refractivity contribution in [3.05, 3.63) is 65.2 Å². The van der Waals surface area contributed by atoms with Gasteiger partial charge in [0.05, 0.1) is 17.7 Å². The maximum atomic E-state index is 12.3. The third kappa shape index (κ3) is 5.51. The largest absolute Gasteiger partial charge is 0.494 e. The Hall–Kier alpha value is -3.68. The predicted octanol–water partition coefficient (Wildman–Crippen LogP) is 2.66. The van der Waals surface area contributed by atoms with Crippen LogP contribution in [-0.2, 0) is 20.9 Å². The molecule has 0 atom stereocenters. The summed E-state index contributed by atoms with van der Waals surface area (Å²) in [6.45, 7) is 2.63. The molecule has 0 saturated carbocycles. The molecule has 0 bridgehead atoms. The first-order chi connectivity index (χ1) is 15.4. The number of likely N-dealkylation sites (N-methyl/N-ethyl adjacent to an activating group) is 1. The van der Waals surface area contributed by atoms with Gasteiger partial charge in [-0.2, -0.15) is 0 Å². The Kier molecular flexibility index (Phi) is 7.59. The Morgan fingerprint density at radius 3 is 2.19 bits per heavy atom. The summed E-state index contributed by atoms with van der Waals surface area (Å²) < 4.78 is 10.4. The summed E-state index contributed by atoms with van der Waals surface area (Å²) >= 11 is 0. The number of rotatable bonds is 10. The van der Waals surface area contributed by atoms with Gasteiger partial charge in [0, 0.05) is 26.6 Å². The number of imide groups is 1. The zero-order chi connectivity index (χ0) is 23.1. The first-order valence-corrected chi connectivity index (χ1v) is 10.5. The van der Waals surface area contributed by atoms with Crippen molar-refractivity contribution in [2.24, 2.45) is 0 Å². The number of hydrogen-bond donors (Lipinski definition) is 0. The van der Waals surface area contributed by atoms with Crippen molar-refractivity contribution in [3.8, 4) is 5.75 Å². The van der Waals surface area contributed by atoms with Gasteiger partial charge in [-0.1, -0.05) is 24.3 Å². The second kappa shape index (κ2) is 10.6. The molecule has 1 aliphatic rings. The van der Waals surface area contributed by atoms with E-state index in [9.17, 15) is 19.2 Å². The lowest BCUT2D eigenvalue weighted by molar-refractivity contribution is -0.151. The molecule has 0 N–H and O–H groups in total. The minimum atomic E-state index is -0.551. The van der Waals surface area contributed by atoms with Gasteiger partial charge >= 0.3 is 5.97 Å². The summed E-state index contributed by atoms with van der Waals surface area (Å²) in [5.41, 5.74) is 1.68. The Morgan fingerprint density at radius 2 is 1.59 bits per heavy atom. The number of nitrogens with zero attached hydrogens (tertiary/aromatic N) is 2. The van der Waals surface area contributed by atoms with Gasteiger partial charge in [0.25, 0.3) is 17.7 Å². The molecule has 8 heteroatoms. The fourth-order valence-electron chi connectivity index (χ4n) is 3.37. The summed E-state index contributed by atoms with van der Waals surface area (Å²) in [5.74, 6) is -0.826. The Balaban J connectivity index is 1.38. The normalized spacial score (nSPS) is 12.5. The molecule has 1 aliphatic heterocycles. The van der Waals surface area contributed by atoms with E-state index in [-0.39, 0.29) is 43.7 Å². The molecule has 0 saturated heterocycles. The van der Waals surface area contributed by atoms with Gasteiger partial charge in [-0.3, -0.25) is 24.1 Å².